The van der Waals surface area contributed by atoms with Crippen LogP contribution in [0.2, 0.25) is 0 Å². The molecule has 0 radical (unpaired) electrons. The summed E-state index contributed by atoms with van der Waals surface area (Å²) in [6, 6.07) is 9.75. The normalized spacial score (nSPS) is 15.5. The molecule has 2 aromatic heterocycles. The summed E-state index contributed by atoms with van der Waals surface area (Å²) < 4.78 is 4.55. The van der Waals surface area contributed by atoms with E-state index in [9.17, 15) is 9.59 Å². The van der Waals surface area contributed by atoms with Gasteiger partial charge in [0.1, 0.15) is 5.82 Å². The number of aromatic amines is 1. The molecule has 0 bridgehead atoms. The molecule has 3 amide bonds. The number of rotatable bonds is 3. The maximum atomic E-state index is 12.4. The van der Waals surface area contributed by atoms with Gasteiger partial charge in [-0.2, -0.15) is 5.10 Å². The number of hydrogen-bond donors (Lipinski definition) is 4. The Kier molecular flexibility index (Phi) is 4.79. The Hall–Kier alpha value is -3.62. The summed E-state index contributed by atoms with van der Waals surface area (Å²) in [4.78, 5) is 27.9. The van der Waals surface area contributed by atoms with Crippen LogP contribution in [0.1, 0.15) is 17.5 Å². The van der Waals surface area contributed by atoms with E-state index >= 15 is 0 Å². The molecule has 2 heterocycles. The van der Waals surface area contributed by atoms with Crippen LogP contribution < -0.4 is 16.0 Å². The number of carbonyl (C=O) groups excluding carboxylic acids is 2. The number of carbonyl (C=O) groups is 2. The van der Waals surface area contributed by atoms with E-state index in [0.717, 1.165) is 19.3 Å². The molecular weight excluding hydrogens is 360 g/mol. The number of nitrogens with zero attached hydrogens (tertiary/aromatic N) is 2. The van der Waals surface area contributed by atoms with E-state index in [-0.39, 0.29) is 12.1 Å². The van der Waals surface area contributed by atoms with E-state index in [1.807, 2.05) is 12.1 Å². The monoisotopic (exact) mass is 380 g/mol. The van der Waals surface area contributed by atoms with Crippen LogP contribution in [-0.2, 0) is 17.6 Å². The average molecular weight is 380 g/mol. The number of aromatic nitrogens is 3. The summed E-state index contributed by atoms with van der Waals surface area (Å²) in [6.07, 6.45) is 3.58. The van der Waals surface area contributed by atoms with E-state index in [1.54, 1.807) is 6.07 Å². The average Bonchev–Trinajstić information content (AvgIpc) is 3.09. The molecular formula is C19H20N6O3. The summed E-state index contributed by atoms with van der Waals surface area (Å²) in [6.45, 7) is 0. The zero-order valence-corrected chi connectivity index (χ0v) is 15.3. The molecule has 1 aromatic carbocycles. The lowest BCUT2D eigenvalue weighted by Gasteiger charge is -2.25. The molecule has 0 fully saturated rings. The number of amides is 3. The minimum atomic E-state index is -0.621. The lowest BCUT2D eigenvalue weighted by molar-refractivity contribution is 0.187. The Morgan fingerprint density at radius 1 is 1.21 bits per heavy atom. The highest BCUT2D eigenvalue weighted by Crippen LogP contribution is 2.23. The molecule has 28 heavy (non-hydrogen) atoms. The predicted molar refractivity (Wildman–Crippen MR) is 104 cm³/mol. The maximum absolute atomic E-state index is 12.4. The lowest BCUT2D eigenvalue weighted by Crippen LogP contribution is -2.41. The first-order valence-corrected chi connectivity index (χ1v) is 8.96. The van der Waals surface area contributed by atoms with E-state index in [0.29, 0.717) is 22.5 Å². The molecule has 1 unspecified atom stereocenters. The minimum absolute atomic E-state index is 0.0849. The predicted octanol–water partition coefficient (Wildman–Crippen LogP) is 2.82. The fourth-order valence-electron chi connectivity index (χ4n) is 3.38. The standard InChI is InChI=1S/C19H20N6O3/c1-28-19(27)23-17-14-10-20-16(9-15(14)24-25-17)22-18(26)21-13-7-6-11-4-2-3-5-12(11)8-13/h2-5,9-10,13H,6-8H2,1H3,(H2,20,21,22,26)(H2,23,24,25,27). The van der Waals surface area contributed by atoms with Crippen molar-refractivity contribution in [2.24, 2.45) is 0 Å². The smallest absolute Gasteiger partial charge is 0.412 e. The first-order chi connectivity index (χ1) is 13.6. The third-order valence-corrected chi connectivity index (χ3v) is 4.78. The number of benzene rings is 1. The van der Waals surface area contributed by atoms with Crippen LogP contribution >= 0.6 is 0 Å². The van der Waals surface area contributed by atoms with Crippen LogP contribution in [0.5, 0.6) is 0 Å². The van der Waals surface area contributed by atoms with Gasteiger partial charge in [0.05, 0.1) is 18.0 Å². The van der Waals surface area contributed by atoms with Gasteiger partial charge in [0.2, 0.25) is 0 Å². The van der Waals surface area contributed by atoms with Crippen LogP contribution in [0, 0.1) is 0 Å². The van der Waals surface area contributed by atoms with Gasteiger partial charge < -0.3 is 10.1 Å². The number of anilines is 2. The highest BCUT2D eigenvalue weighted by molar-refractivity contribution is 5.98. The number of ether oxygens (including phenoxy) is 1. The summed E-state index contributed by atoms with van der Waals surface area (Å²) in [5, 5.41) is 15.7. The van der Waals surface area contributed by atoms with E-state index in [2.05, 4.69) is 48.0 Å². The number of urea groups is 1. The summed E-state index contributed by atoms with van der Waals surface area (Å²) in [7, 11) is 1.27. The van der Waals surface area contributed by atoms with Gasteiger partial charge in [0.25, 0.3) is 0 Å². The molecule has 9 heteroatoms. The summed E-state index contributed by atoms with van der Waals surface area (Å²) >= 11 is 0. The number of hydrogen-bond acceptors (Lipinski definition) is 5. The SMILES string of the molecule is COC(=O)Nc1n[nH]c2cc(NC(=O)NC3CCc4ccccc4C3)ncc12. The van der Waals surface area contributed by atoms with E-state index in [1.165, 1.54) is 24.4 Å². The van der Waals surface area contributed by atoms with Crippen molar-refractivity contribution in [2.45, 2.75) is 25.3 Å². The zero-order chi connectivity index (χ0) is 19.5. The molecule has 144 valence electrons. The number of fused-ring (bicyclic) bond motifs is 2. The van der Waals surface area contributed by atoms with E-state index < -0.39 is 6.09 Å². The lowest BCUT2D eigenvalue weighted by atomic mass is 9.88. The highest BCUT2D eigenvalue weighted by atomic mass is 16.5. The van der Waals surface area contributed by atoms with Gasteiger partial charge in [-0.25, -0.2) is 14.6 Å². The fourth-order valence-corrected chi connectivity index (χ4v) is 3.38. The second kappa shape index (κ2) is 7.55. The quantitative estimate of drug-likeness (QED) is 0.557. The zero-order valence-electron chi connectivity index (χ0n) is 15.3. The molecule has 4 rings (SSSR count). The van der Waals surface area contributed by atoms with Gasteiger partial charge in [-0.1, -0.05) is 24.3 Å². The molecule has 9 nitrogen and oxygen atoms in total. The third-order valence-electron chi connectivity index (χ3n) is 4.78. The summed E-state index contributed by atoms with van der Waals surface area (Å²) in [5.41, 5.74) is 3.26. The van der Waals surface area contributed by atoms with E-state index in [4.69, 9.17) is 0 Å². The van der Waals surface area contributed by atoms with Gasteiger partial charge in [0, 0.05) is 18.3 Å². The Morgan fingerprint density at radius 2 is 2.04 bits per heavy atom. The fraction of sp³-hybridized carbons (Fsp3) is 0.263. The van der Waals surface area contributed by atoms with Gasteiger partial charge in [-0.15, -0.1) is 0 Å². The molecule has 0 spiro atoms. The van der Waals surface area contributed by atoms with Gasteiger partial charge in [0.15, 0.2) is 5.82 Å². The summed E-state index contributed by atoms with van der Waals surface area (Å²) in [5.74, 6) is 0.695. The Labute approximate surface area is 160 Å². The minimum Gasteiger partial charge on any atom is -0.453 e. The van der Waals surface area contributed by atoms with Gasteiger partial charge in [-0.3, -0.25) is 15.7 Å². The topological polar surface area (TPSA) is 121 Å². The molecule has 0 saturated carbocycles. The van der Waals surface area contributed by atoms with Crippen molar-refractivity contribution in [3.05, 3.63) is 47.7 Å². The first-order valence-electron chi connectivity index (χ1n) is 8.96. The Balaban J connectivity index is 1.39. The number of pyridine rings is 1. The van der Waals surface area contributed by atoms with Crippen LogP contribution in [0.25, 0.3) is 10.9 Å². The Bertz CT molecular complexity index is 1030. The van der Waals surface area contributed by atoms with Crippen molar-refractivity contribution in [3.63, 3.8) is 0 Å². The Morgan fingerprint density at radius 3 is 2.86 bits per heavy atom. The van der Waals surface area contributed by atoms with Crippen molar-refractivity contribution >= 4 is 34.7 Å². The van der Waals surface area contributed by atoms with Crippen LogP contribution in [0.3, 0.4) is 0 Å². The van der Waals surface area contributed by atoms with Crippen LogP contribution in [0.15, 0.2) is 36.5 Å². The maximum Gasteiger partial charge on any atom is 0.412 e. The molecule has 1 aliphatic carbocycles. The van der Waals surface area contributed by atoms with Crippen molar-refractivity contribution in [1.82, 2.24) is 20.5 Å². The highest BCUT2D eigenvalue weighted by Gasteiger charge is 2.20. The molecule has 4 N–H and O–H groups in total. The first kappa shape index (κ1) is 17.8. The van der Waals surface area contributed by atoms with Crippen LogP contribution in [-0.4, -0.2) is 40.5 Å². The van der Waals surface area contributed by atoms with Gasteiger partial charge >= 0.3 is 12.1 Å². The van der Waals surface area contributed by atoms with Crippen molar-refractivity contribution < 1.29 is 14.3 Å². The second-order valence-corrected chi connectivity index (χ2v) is 6.61. The number of aryl methyl sites for hydroxylation is 1. The number of H-pyrrole nitrogens is 1. The molecule has 0 aliphatic heterocycles. The van der Waals surface area contributed by atoms with Crippen LogP contribution in [0.4, 0.5) is 21.2 Å². The van der Waals surface area contributed by atoms with Crippen molar-refractivity contribution in [3.8, 4) is 0 Å². The third kappa shape index (κ3) is 3.73. The molecule has 1 atom stereocenters. The molecule has 1 aliphatic rings. The second-order valence-electron chi connectivity index (χ2n) is 6.61. The molecule has 0 saturated heterocycles. The van der Waals surface area contributed by atoms with Crippen molar-refractivity contribution in [1.29, 1.82) is 0 Å². The van der Waals surface area contributed by atoms with Crippen molar-refractivity contribution in [2.75, 3.05) is 17.7 Å². The number of nitrogens with one attached hydrogen (secondary N) is 4. The molecule has 3 aromatic rings. The number of methoxy groups -OCH3 is 1. The largest absolute Gasteiger partial charge is 0.453 e. The van der Waals surface area contributed by atoms with Gasteiger partial charge in [-0.05, 0) is 30.4 Å².